The van der Waals surface area contributed by atoms with E-state index in [4.69, 9.17) is 9.47 Å². The number of aryl methyl sites for hydroxylation is 2. The van der Waals surface area contributed by atoms with Crippen LogP contribution in [0.4, 0.5) is 16.2 Å². The molecule has 0 bridgehead atoms. The third-order valence-electron chi connectivity index (χ3n) is 5.24. The molecule has 0 spiro atoms. The summed E-state index contributed by atoms with van der Waals surface area (Å²) in [6, 6.07) is 11.9. The summed E-state index contributed by atoms with van der Waals surface area (Å²) in [6.45, 7) is 5.63. The van der Waals surface area contributed by atoms with Gasteiger partial charge in [-0.3, -0.25) is 0 Å². The Balaban J connectivity index is 1.63. The van der Waals surface area contributed by atoms with Crippen molar-refractivity contribution >= 4 is 17.4 Å². The van der Waals surface area contributed by atoms with Crippen molar-refractivity contribution in [3.8, 4) is 11.5 Å². The lowest BCUT2D eigenvalue weighted by Gasteiger charge is -2.34. The van der Waals surface area contributed by atoms with Gasteiger partial charge in [0.15, 0.2) is 0 Å². The van der Waals surface area contributed by atoms with Crippen LogP contribution in [0.5, 0.6) is 11.5 Å². The minimum absolute atomic E-state index is 0.116. The van der Waals surface area contributed by atoms with E-state index < -0.39 is 0 Å². The molecular weight excluding hydrogens is 354 g/mol. The van der Waals surface area contributed by atoms with Crippen molar-refractivity contribution in [3.63, 3.8) is 0 Å². The van der Waals surface area contributed by atoms with Crippen LogP contribution in [0.2, 0.25) is 0 Å². The van der Waals surface area contributed by atoms with Gasteiger partial charge in [0.2, 0.25) is 0 Å². The number of hydrogen-bond acceptors (Lipinski definition) is 4. The molecule has 6 heteroatoms. The second-order valence-corrected chi connectivity index (χ2v) is 7.22. The summed E-state index contributed by atoms with van der Waals surface area (Å²) in [7, 11) is 3.18. The molecule has 28 heavy (non-hydrogen) atoms. The van der Waals surface area contributed by atoms with Gasteiger partial charge in [-0.05, 0) is 62.1 Å². The van der Waals surface area contributed by atoms with Gasteiger partial charge in [0, 0.05) is 30.9 Å². The number of nitrogens with zero attached hydrogens (tertiary/aromatic N) is 1. The second-order valence-electron chi connectivity index (χ2n) is 7.22. The molecule has 0 aromatic heterocycles. The standard InChI is InChI=1S/C22H29N3O3/c1-15-7-8-17(12-16(15)2)23-18-6-5-11-25(14-18)22(26)24-20-10-9-19(27-3)13-21(20)28-4/h7-10,12-13,18,23H,5-6,11,14H2,1-4H3,(H,24,26)/t18-/m1/s1. The average Bonchev–Trinajstić information content (AvgIpc) is 2.71. The Morgan fingerprint density at radius 1 is 1.07 bits per heavy atom. The predicted octanol–water partition coefficient (Wildman–Crippen LogP) is 4.43. The van der Waals surface area contributed by atoms with Crippen LogP contribution in [0.1, 0.15) is 24.0 Å². The molecule has 0 radical (unpaired) electrons. The predicted molar refractivity (Wildman–Crippen MR) is 113 cm³/mol. The number of carbonyl (C=O) groups is 1. The van der Waals surface area contributed by atoms with E-state index in [-0.39, 0.29) is 12.1 Å². The third kappa shape index (κ3) is 4.68. The topological polar surface area (TPSA) is 62.8 Å². The average molecular weight is 383 g/mol. The monoisotopic (exact) mass is 383 g/mol. The summed E-state index contributed by atoms with van der Waals surface area (Å²) in [5.41, 5.74) is 4.29. The first kappa shape index (κ1) is 19.9. The van der Waals surface area contributed by atoms with E-state index in [0.717, 1.165) is 25.1 Å². The number of urea groups is 1. The van der Waals surface area contributed by atoms with E-state index in [1.54, 1.807) is 32.4 Å². The molecule has 1 heterocycles. The summed E-state index contributed by atoms with van der Waals surface area (Å²) in [5, 5.41) is 6.53. The quantitative estimate of drug-likeness (QED) is 0.802. The molecule has 2 N–H and O–H groups in total. The maximum absolute atomic E-state index is 12.8. The molecule has 2 aromatic rings. The van der Waals surface area contributed by atoms with Gasteiger partial charge in [-0.1, -0.05) is 6.07 Å². The number of likely N-dealkylation sites (tertiary alicyclic amines) is 1. The van der Waals surface area contributed by atoms with Crippen molar-refractivity contribution in [3.05, 3.63) is 47.5 Å². The van der Waals surface area contributed by atoms with Crippen LogP contribution >= 0.6 is 0 Å². The maximum Gasteiger partial charge on any atom is 0.322 e. The highest BCUT2D eigenvalue weighted by atomic mass is 16.5. The summed E-state index contributed by atoms with van der Waals surface area (Å²) in [6.07, 6.45) is 2.01. The molecule has 2 amide bonds. The first-order chi connectivity index (χ1) is 13.5. The smallest absolute Gasteiger partial charge is 0.322 e. The largest absolute Gasteiger partial charge is 0.497 e. The Bertz CT molecular complexity index is 838. The van der Waals surface area contributed by atoms with Gasteiger partial charge in [-0.25, -0.2) is 4.79 Å². The van der Waals surface area contributed by atoms with E-state index in [9.17, 15) is 4.79 Å². The molecular formula is C22H29N3O3. The number of piperidine rings is 1. The van der Waals surface area contributed by atoms with Crippen LogP contribution in [-0.4, -0.2) is 44.3 Å². The van der Waals surface area contributed by atoms with Crippen molar-refractivity contribution < 1.29 is 14.3 Å². The number of amides is 2. The van der Waals surface area contributed by atoms with Crippen LogP contribution < -0.4 is 20.1 Å². The third-order valence-corrected chi connectivity index (χ3v) is 5.24. The lowest BCUT2D eigenvalue weighted by atomic mass is 10.0. The van der Waals surface area contributed by atoms with Crippen LogP contribution in [0, 0.1) is 13.8 Å². The van der Waals surface area contributed by atoms with Crippen molar-refractivity contribution in [1.82, 2.24) is 4.90 Å². The maximum atomic E-state index is 12.8. The van der Waals surface area contributed by atoms with E-state index in [0.29, 0.717) is 23.7 Å². The summed E-state index contributed by atoms with van der Waals surface area (Å²) in [5.74, 6) is 1.26. The van der Waals surface area contributed by atoms with E-state index in [1.807, 2.05) is 4.90 Å². The van der Waals surface area contributed by atoms with E-state index in [2.05, 4.69) is 42.7 Å². The zero-order chi connectivity index (χ0) is 20.1. The van der Waals surface area contributed by atoms with Gasteiger partial charge in [0.25, 0.3) is 0 Å². The normalized spacial score (nSPS) is 16.4. The van der Waals surface area contributed by atoms with Gasteiger partial charge in [0.05, 0.1) is 19.9 Å². The van der Waals surface area contributed by atoms with Crippen LogP contribution in [-0.2, 0) is 0 Å². The van der Waals surface area contributed by atoms with Crippen molar-refractivity contribution in [2.24, 2.45) is 0 Å². The molecule has 150 valence electrons. The second kappa shape index (κ2) is 8.87. The van der Waals surface area contributed by atoms with Crippen LogP contribution in [0.3, 0.4) is 0 Å². The highest BCUT2D eigenvalue weighted by molar-refractivity contribution is 5.91. The molecule has 1 fully saturated rings. The van der Waals surface area contributed by atoms with Gasteiger partial charge in [-0.2, -0.15) is 0 Å². The fourth-order valence-electron chi connectivity index (χ4n) is 3.44. The molecule has 1 atom stereocenters. The SMILES string of the molecule is COc1ccc(NC(=O)N2CCC[C@@H](Nc3ccc(C)c(C)c3)C2)c(OC)c1. The number of ether oxygens (including phenoxy) is 2. The zero-order valence-corrected chi connectivity index (χ0v) is 17.0. The molecule has 1 aliphatic heterocycles. The highest BCUT2D eigenvalue weighted by Gasteiger charge is 2.24. The Hall–Kier alpha value is -2.89. The fourth-order valence-corrected chi connectivity index (χ4v) is 3.44. The Labute approximate surface area is 166 Å². The van der Waals surface area contributed by atoms with Gasteiger partial charge >= 0.3 is 6.03 Å². The molecule has 0 saturated carbocycles. The first-order valence-electron chi connectivity index (χ1n) is 9.62. The number of benzene rings is 2. The highest BCUT2D eigenvalue weighted by Crippen LogP contribution is 2.29. The van der Waals surface area contributed by atoms with Crippen molar-refractivity contribution in [2.75, 3.05) is 37.9 Å². The van der Waals surface area contributed by atoms with Gasteiger partial charge in [0.1, 0.15) is 11.5 Å². The summed E-state index contributed by atoms with van der Waals surface area (Å²) >= 11 is 0. The molecule has 2 aromatic carbocycles. The summed E-state index contributed by atoms with van der Waals surface area (Å²) in [4.78, 5) is 14.6. The number of methoxy groups -OCH3 is 2. The lowest BCUT2D eigenvalue weighted by molar-refractivity contribution is 0.196. The molecule has 0 unspecified atom stereocenters. The van der Waals surface area contributed by atoms with Crippen LogP contribution in [0.25, 0.3) is 0 Å². The minimum atomic E-state index is -0.116. The number of anilines is 2. The molecule has 3 rings (SSSR count). The number of nitrogens with one attached hydrogen (secondary N) is 2. The number of rotatable bonds is 5. The number of carbonyl (C=O) groups excluding carboxylic acids is 1. The van der Waals surface area contributed by atoms with Gasteiger partial charge in [-0.15, -0.1) is 0 Å². The molecule has 1 saturated heterocycles. The molecule has 6 nitrogen and oxygen atoms in total. The van der Waals surface area contributed by atoms with Crippen molar-refractivity contribution in [2.45, 2.75) is 32.7 Å². The zero-order valence-electron chi connectivity index (χ0n) is 17.0. The Morgan fingerprint density at radius 3 is 2.61 bits per heavy atom. The Kier molecular flexibility index (Phi) is 6.29. The van der Waals surface area contributed by atoms with Crippen molar-refractivity contribution in [1.29, 1.82) is 0 Å². The number of hydrogen-bond donors (Lipinski definition) is 2. The minimum Gasteiger partial charge on any atom is -0.497 e. The van der Waals surface area contributed by atoms with E-state index >= 15 is 0 Å². The molecule has 0 aliphatic carbocycles. The van der Waals surface area contributed by atoms with E-state index in [1.165, 1.54) is 11.1 Å². The summed E-state index contributed by atoms with van der Waals surface area (Å²) < 4.78 is 10.6. The van der Waals surface area contributed by atoms with Crippen LogP contribution in [0.15, 0.2) is 36.4 Å². The van der Waals surface area contributed by atoms with Gasteiger partial charge < -0.3 is 25.0 Å². The lowest BCUT2D eigenvalue weighted by Crippen LogP contribution is -2.46. The molecule has 1 aliphatic rings. The fraction of sp³-hybridized carbons (Fsp3) is 0.409. The first-order valence-corrected chi connectivity index (χ1v) is 9.62. The Morgan fingerprint density at radius 2 is 1.89 bits per heavy atom.